The van der Waals surface area contributed by atoms with E-state index >= 15 is 0 Å². The molecule has 1 rings (SSSR count). The number of rotatable bonds is 8. The van der Waals surface area contributed by atoms with Crippen LogP contribution in [0.1, 0.15) is 59.8 Å². The van der Waals surface area contributed by atoms with Crippen LogP contribution >= 0.6 is 0 Å². The summed E-state index contributed by atoms with van der Waals surface area (Å²) < 4.78 is 28.8. The van der Waals surface area contributed by atoms with E-state index in [0.717, 1.165) is 19.3 Å². The Hall–Kier alpha value is -0.130. The van der Waals surface area contributed by atoms with Gasteiger partial charge in [0.1, 0.15) is 0 Å². The van der Waals surface area contributed by atoms with Crippen LogP contribution in [0.2, 0.25) is 0 Å². The van der Waals surface area contributed by atoms with E-state index in [4.69, 9.17) is 9.88 Å². The van der Waals surface area contributed by atoms with Gasteiger partial charge in [0, 0.05) is 0 Å². The molecule has 1 fully saturated rings. The summed E-state index contributed by atoms with van der Waals surface area (Å²) in [6.07, 6.45) is 5.67. The number of ether oxygens (including phenoxy) is 1. The van der Waals surface area contributed by atoms with Crippen LogP contribution in [-0.4, -0.2) is 26.9 Å². The van der Waals surface area contributed by atoms with Crippen LogP contribution in [0.3, 0.4) is 0 Å². The maximum atomic E-state index is 11.3. The molecule has 0 heterocycles. The lowest BCUT2D eigenvalue weighted by molar-refractivity contribution is -0.0499. The highest BCUT2D eigenvalue weighted by molar-refractivity contribution is 7.89. The molecule has 0 radical (unpaired) electrons. The highest BCUT2D eigenvalue weighted by Crippen LogP contribution is 2.35. The lowest BCUT2D eigenvalue weighted by atomic mass is 9.75. The average molecular weight is 320 g/mol. The number of hydrogen-bond acceptors (Lipinski definition) is 3. The van der Waals surface area contributed by atoms with Gasteiger partial charge in [-0.15, -0.1) is 0 Å². The van der Waals surface area contributed by atoms with Crippen LogP contribution in [0, 0.1) is 23.7 Å². The van der Waals surface area contributed by atoms with Gasteiger partial charge in [-0.2, -0.15) is 0 Å². The van der Waals surface area contributed by atoms with Crippen LogP contribution < -0.4 is 5.14 Å². The monoisotopic (exact) mass is 319 g/mol. The van der Waals surface area contributed by atoms with Gasteiger partial charge in [-0.25, -0.2) is 13.6 Å². The van der Waals surface area contributed by atoms with Crippen LogP contribution in [-0.2, 0) is 14.8 Å². The highest BCUT2D eigenvalue weighted by Gasteiger charge is 2.32. The van der Waals surface area contributed by atoms with Gasteiger partial charge in [0.2, 0.25) is 10.0 Å². The standard InChI is InChI=1S/C16H33NO3S/c1-5-6-14(11-21(17,18)19)10-20-16-9-13(4)7-8-15(16)12(2)3/h12-16H,5-11H2,1-4H3,(H2,17,18,19). The molecule has 0 saturated heterocycles. The molecule has 126 valence electrons. The third-order valence-corrected chi connectivity index (χ3v) is 5.61. The summed E-state index contributed by atoms with van der Waals surface area (Å²) in [5.74, 6) is 1.97. The van der Waals surface area contributed by atoms with E-state index in [0.29, 0.717) is 24.4 Å². The Morgan fingerprint density at radius 3 is 2.48 bits per heavy atom. The Morgan fingerprint density at radius 1 is 1.29 bits per heavy atom. The van der Waals surface area contributed by atoms with Gasteiger partial charge in [0.25, 0.3) is 0 Å². The number of hydrogen-bond donors (Lipinski definition) is 1. The van der Waals surface area contributed by atoms with E-state index in [9.17, 15) is 8.42 Å². The first-order chi connectivity index (χ1) is 9.73. The molecular formula is C16H33NO3S. The second kappa shape index (κ2) is 8.49. The van der Waals surface area contributed by atoms with Crippen molar-refractivity contribution in [3.63, 3.8) is 0 Å². The molecule has 1 aliphatic rings. The smallest absolute Gasteiger partial charge is 0.209 e. The van der Waals surface area contributed by atoms with Crippen LogP contribution in [0.25, 0.3) is 0 Å². The molecule has 1 saturated carbocycles. The van der Waals surface area contributed by atoms with E-state index in [1.807, 2.05) is 0 Å². The minimum atomic E-state index is -3.42. The molecule has 1 aliphatic carbocycles. The summed E-state index contributed by atoms with van der Waals surface area (Å²) in [4.78, 5) is 0. The van der Waals surface area contributed by atoms with Gasteiger partial charge in [-0.3, -0.25) is 0 Å². The molecule has 21 heavy (non-hydrogen) atoms. The summed E-state index contributed by atoms with van der Waals surface area (Å²) in [6, 6.07) is 0. The zero-order valence-corrected chi connectivity index (χ0v) is 14.9. The topological polar surface area (TPSA) is 69.4 Å². The van der Waals surface area contributed by atoms with Gasteiger partial charge >= 0.3 is 0 Å². The fourth-order valence-electron chi connectivity index (χ4n) is 3.52. The molecule has 0 amide bonds. The largest absolute Gasteiger partial charge is 0.378 e. The van der Waals surface area contributed by atoms with E-state index in [-0.39, 0.29) is 17.8 Å². The van der Waals surface area contributed by atoms with Crippen molar-refractivity contribution in [3.05, 3.63) is 0 Å². The third kappa shape index (κ3) is 7.11. The highest BCUT2D eigenvalue weighted by atomic mass is 32.2. The van der Waals surface area contributed by atoms with E-state index in [2.05, 4.69) is 27.7 Å². The number of nitrogens with two attached hydrogens (primary N) is 1. The lowest BCUT2D eigenvalue weighted by Gasteiger charge is -2.37. The molecule has 4 atom stereocenters. The molecule has 0 bridgehead atoms. The van der Waals surface area contributed by atoms with Crippen molar-refractivity contribution >= 4 is 10.0 Å². The Kier molecular flexibility index (Phi) is 7.65. The second-order valence-corrected chi connectivity index (χ2v) is 8.84. The first-order valence-electron chi connectivity index (χ1n) is 8.35. The van der Waals surface area contributed by atoms with Gasteiger partial charge in [0.15, 0.2) is 0 Å². The SMILES string of the molecule is CCCC(COC1CC(C)CCC1C(C)C)CS(N)(=O)=O. The Morgan fingerprint density at radius 2 is 1.95 bits per heavy atom. The van der Waals surface area contributed by atoms with Crippen LogP contribution in [0.5, 0.6) is 0 Å². The molecule has 0 aliphatic heterocycles. The molecule has 0 aromatic heterocycles. The van der Waals surface area contributed by atoms with E-state index in [1.165, 1.54) is 12.8 Å². The van der Waals surface area contributed by atoms with Gasteiger partial charge in [0.05, 0.1) is 18.5 Å². The minimum absolute atomic E-state index is 0.0232. The Balaban J connectivity index is 2.58. The van der Waals surface area contributed by atoms with Crippen molar-refractivity contribution in [1.29, 1.82) is 0 Å². The predicted molar refractivity (Wildman–Crippen MR) is 87.5 cm³/mol. The summed E-state index contributed by atoms with van der Waals surface area (Å²) in [5.41, 5.74) is 0. The van der Waals surface area contributed by atoms with Gasteiger partial charge < -0.3 is 4.74 Å². The van der Waals surface area contributed by atoms with Gasteiger partial charge in [-0.05, 0) is 42.9 Å². The van der Waals surface area contributed by atoms with Gasteiger partial charge in [-0.1, -0.05) is 40.5 Å². The predicted octanol–water partition coefficient (Wildman–Crippen LogP) is 3.17. The maximum Gasteiger partial charge on any atom is 0.209 e. The zero-order chi connectivity index (χ0) is 16.0. The molecule has 2 N–H and O–H groups in total. The molecule has 0 aromatic rings. The summed E-state index contributed by atoms with van der Waals surface area (Å²) in [7, 11) is -3.42. The second-order valence-electron chi connectivity index (χ2n) is 7.18. The minimum Gasteiger partial charge on any atom is -0.378 e. The summed E-state index contributed by atoms with van der Waals surface area (Å²) in [5, 5.41) is 5.19. The van der Waals surface area contributed by atoms with E-state index < -0.39 is 10.0 Å². The summed E-state index contributed by atoms with van der Waals surface area (Å²) in [6.45, 7) is 9.37. The van der Waals surface area contributed by atoms with Crippen LogP contribution in [0.15, 0.2) is 0 Å². The maximum absolute atomic E-state index is 11.3. The van der Waals surface area contributed by atoms with Crippen LogP contribution in [0.4, 0.5) is 0 Å². The first-order valence-corrected chi connectivity index (χ1v) is 10.1. The number of sulfonamides is 1. The molecule has 5 heteroatoms. The van der Waals surface area contributed by atoms with Crippen molar-refractivity contribution < 1.29 is 13.2 Å². The quantitative estimate of drug-likeness (QED) is 0.747. The van der Waals surface area contributed by atoms with Crippen molar-refractivity contribution in [3.8, 4) is 0 Å². The molecule has 0 aromatic carbocycles. The fourth-order valence-corrected chi connectivity index (χ4v) is 4.44. The fraction of sp³-hybridized carbons (Fsp3) is 1.00. The van der Waals surface area contributed by atoms with Crippen molar-refractivity contribution in [1.82, 2.24) is 0 Å². The average Bonchev–Trinajstić information content (AvgIpc) is 2.34. The molecule has 4 nitrogen and oxygen atoms in total. The first kappa shape index (κ1) is 18.9. The Bertz CT molecular complexity index is 394. The van der Waals surface area contributed by atoms with Crippen molar-refractivity contribution in [2.75, 3.05) is 12.4 Å². The third-order valence-electron chi connectivity index (χ3n) is 4.67. The normalized spacial score (nSPS) is 28.8. The van der Waals surface area contributed by atoms with E-state index in [1.54, 1.807) is 0 Å². The molecule has 4 unspecified atom stereocenters. The lowest BCUT2D eigenvalue weighted by Crippen LogP contribution is -2.36. The van der Waals surface area contributed by atoms with Crippen molar-refractivity contribution in [2.24, 2.45) is 28.8 Å². The summed E-state index contributed by atoms with van der Waals surface area (Å²) >= 11 is 0. The molecular weight excluding hydrogens is 286 g/mol. The Labute approximate surface area is 130 Å². The number of primary sulfonamides is 1. The van der Waals surface area contributed by atoms with Crippen molar-refractivity contribution in [2.45, 2.75) is 65.9 Å². The zero-order valence-electron chi connectivity index (χ0n) is 14.0. The molecule has 0 spiro atoms.